The third-order valence-corrected chi connectivity index (χ3v) is 2.99. The first-order valence-corrected chi connectivity index (χ1v) is 6.00. The molecule has 2 N–H and O–H groups in total. The first-order valence-electron chi connectivity index (χ1n) is 6.00. The van der Waals surface area contributed by atoms with Gasteiger partial charge in [0.15, 0.2) is 23.3 Å². The molecular formula is C13H15F5N2O. The summed E-state index contributed by atoms with van der Waals surface area (Å²) in [5, 5.41) is 0. The number of carbonyl (C=O) groups is 1. The Morgan fingerprint density at radius 3 is 1.76 bits per heavy atom. The predicted octanol–water partition coefficient (Wildman–Crippen LogP) is 2.44. The van der Waals surface area contributed by atoms with Crippen molar-refractivity contribution in [3.8, 4) is 0 Å². The van der Waals surface area contributed by atoms with E-state index < -0.39 is 46.0 Å². The summed E-state index contributed by atoms with van der Waals surface area (Å²) in [5.41, 5.74) is 3.42. The zero-order valence-corrected chi connectivity index (χ0v) is 11.7. The molecule has 1 aromatic rings. The van der Waals surface area contributed by atoms with E-state index in [0.29, 0.717) is 0 Å². The molecule has 0 aliphatic rings. The molecule has 1 rings (SSSR count). The van der Waals surface area contributed by atoms with E-state index in [1.54, 1.807) is 13.8 Å². The molecular weight excluding hydrogens is 295 g/mol. The summed E-state index contributed by atoms with van der Waals surface area (Å²) in [6.45, 7) is 3.54. The van der Waals surface area contributed by atoms with Gasteiger partial charge in [-0.15, -0.1) is 0 Å². The second kappa shape index (κ2) is 5.97. The quantitative estimate of drug-likeness (QED) is 0.527. The molecule has 0 aromatic heterocycles. The summed E-state index contributed by atoms with van der Waals surface area (Å²) in [5.74, 6) is -12.2. The van der Waals surface area contributed by atoms with Crippen LogP contribution in [0.4, 0.5) is 22.0 Å². The summed E-state index contributed by atoms with van der Waals surface area (Å²) in [4.78, 5) is 12.8. The molecule has 0 heterocycles. The molecule has 0 saturated heterocycles. The van der Waals surface area contributed by atoms with Crippen LogP contribution in [-0.4, -0.2) is 30.9 Å². The van der Waals surface area contributed by atoms with Gasteiger partial charge in [0.2, 0.25) is 5.82 Å². The number of carbonyl (C=O) groups excluding carboxylic acids is 1. The van der Waals surface area contributed by atoms with Crippen LogP contribution in [0.1, 0.15) is 24.2 Å². The van der Waals surface area contributed by atoms with E-state index in [1.807, 2.05) is 0 Å². The molecule has 1 aromatic carbocycles. The van der Waals surface area contributed by atoms with Crippen LogP contribution in [0.5, 0.6) is 0 Å². The lowest BCUT2D eigenvalue weighted by molar-refractivity contribution is 0.0727. The molecule has 0 aliphatic carbocycles. The highest BCUT2D eigenvalue weighted by atomic mass is 19.2. The summed E-state index contributed by atoms with van der Waals surface area (Å²) in [6, 6.07) is 0. The molecule has 118 valence electrons. The van der Waals surface area contributed by atoms with E-state index in [4.69, 9.17) is 5.73 Å². The molecule has 0 saturated carbocycles. The number of hydrogen-bond donors (Lipinski definition) is 1. The maximum Gasteiger partial charge on any atom is 0.259 e. The molecule has 0 radical (unpaired) electrons. The Morgan fingerprint density at radius 2 is 1.38 bits per heavy atom. The highest BCUT2D eigenvalue weighted by Gasteiger charge is 2.32. The van der Waals surface area contributed by atoms with E-state index >= 15 is 0 Å². The normalized spacial score (nSPS) is 11.7. The molecule has 0 fully saturated rings. The van der Waals surface area contributed by atoms with E-state index in [-0.39, 0.29) is 13.1 Å². The van der Waals surface area contributed by atoms with Gasteiger partial charge >= 0.3 is 0 Å². The first-order chi connectivity index (χ1) is 9.53. The van der Waals surface area contributed by atoms with Gasteiger partial charge in [-0.05, 0) is 12.0 Å². The van der Waals surface area contributed by atoms with Gasteiger partial charge in [0, 0.05) is 13.6 Å². The number of nitrogens with zero attached hydrogens (tertiary/aromatic N) is 1. The lowest BCUT2D eigenvalue weighted by Gasteiger charge is -2.29. The number of nitrogens with two attached hydrogens (primary N) is 1. The maximum absolute atomic E-state index is 13.5. The standard InChI is InChI=1S/C13H15F5N2O/c1-13(2,4-19)5-20(3)12(21)6-7(14)9(16)11(18)10(17)8(6)15/h4-5,19H2,1-3H3. The average Bonchev–Trinajstić information content (AvgIpc) is 2.42. The Morgan fingerprint density at radius 1 is 1.00 bits per heavy atom. The van der Waals surface area contributed by atoms with Gasteiger partial charge in [0.25, 0.3) is 5.91 Å². The third-order valence-electron chi connectivity index (χ3n) is 2.99. The SMILES string of the molecule is CN(CC(C)(C)CN)C(=O)c1c(F)c(F)c(F)c(F)c1F. The second-order valence-corrected chi connectivity index (χ2v) is 5.47. The fourth-order valence-corrected chi connectivity index (χ4v) is 1.76. The molecule has 8 heteroatoms. The monoisotopic (exact) mass is 310 g/mol. The average molecular weight is 310 g/mol. The highest BCUT2D eigenvalue weighted by Crippen LogP contribution is 2.25. The van der Waals surface area contributed by atoms with E-state index in [1.165, 1.54) is 7.05 Å². The van der Waals surface area contributed by atoms with Crippen LogP contribution in [0.15, 0.2) is 0 Å². The molecule has 21 heavy (non-hydrogen) atoms. The van der Waals surface area contributed by atoms with Crippen LogP contribution in [0, 0.1) is 34.5 Å². The molecule has 0 aliphatic heterocycles. The van der Waals surface area contributed by atoms with Crippen molar-refractivity contribution in [2.75, 3.05) is 20.1 Å². The fraction of sp³-hybridized carbons (Fsp3) is 0.462. The smallest absolute Gasteiger partial charge is 0.259 e. The van der Waals surface area contributed by atoms with Gasteiger partial charge in [-0.25, -0.2) is 22.0 Å². The van der Waals surface area contributed by atoms with Crippen LogP contribution >= 0.6 is 0 Å². The fourth-order valence-electron chi connectivity index (χ4n) is 1.76. The summed E-state index contributed by atoms with van der Waals surface area (Å²) < 4.78 is 66.1. The van der Waals surface area contributed by atoms with Gasteiger partial charge in [-0.2, -0.15) is 0 Å². The van der Waals surface area contributed by atoms with Gasteiger partial charge in [0.1, 0.15) is 5.56 Å². The molecule has 1 amide bonds. The number of rotatable bonds is 4. The maximum atomic E-state index is 13.5. The molecule has 0 unspecified atom stereocenters. The van der Waals surface area contributed by atoms with Crippen molar-refractivity contribution in [2.45, 2.75) is 13.8 Å². The minimum absolute atomic E-state index is 0.0121. The van der Waals surface area contributed by atoms with Crippen molar-refractivity contribution in [2.24, 2.45) is 11.1 Å². The van der Waals surface area contributed by atoms with Gasteiger partial charge in [-0.3, -0.25) is 4.79 Å². The van der Waals surface area contributed by atoms with Gasteiger partial charge in [-0.1, -0.05) is 13.8 Å². The van der Waals surface area contributed by atoms with Crippen LogP contribution in [0.3, 0.4) is 0 Å². The van der Waals surface area contributed by atoms with E-state index in [2.05, 4.69) is 0 Å². The second-order valence-electron chi connectivity index (χ2n) is 5.47. The Kier molecular flexibility index (Phi) is 4.93. The van der Waals surface area contributed by atoms with E-state index in [0.717, 1.165) is 4.90 Å². The Balaban J connectivity index is 3.26. The van der Waals surface area contributed by atoms with Crippen molar-refractivity contribution < 1.29 is 26.7 Å². The van der Waals surface area contributed by atoms with Crippen LogP contribution in [-0.2, 0) is 0 Å². The van der Waals surface area contributed by atoms with Crippen LogP contribution in [0.25, 0.3) is 0 Å². The lowest BCUT2D eigenvalue weighted by atomic mass is 9.93. The Hall–Kier alpha value is -1.70. The predicted molar refractivity (Wildman–Crippen MR) is 66.0 cm³/mol. The highest BCUT2D eigenvalue weighted by molar-refractivity contribution is 5.94. The minimum Gasteiger partial charge on any atom is -0.341 e. The number of halogens is 5. The number of benzene rings is 1. The van der Waals surface area contributed by atoms with Crippen molar-refractivity contribution in [1.29, 1.82) is 0 Å². The lowest BCUT2D eigenvalue weighted by Crippen LogP contribution is -2.40. The Bertz CT molecular complexity index is 545. The van der Waals surface area contributed by atoms with Crippen LogP contribution in [0.2, 0.25) is 0 Å². The molecule has 0 spiro atoms. The van der Waals surface area contributed by atoms with Gasteiger partial charge in [0.05, 0.1) is 0 Å². The Labute approximate surface area is 118 Å². The first kappa shape index (κ1) is 17.4. The largest absolute Gasteiger partial charge is 0.341 e. The van der Waals surface area contributed by atoms with Crippen molar-refractivity contribution in [3.63, 3.8) is 0 Å². The number of amides is 1. The molecule has 3 nitrogen and oxygen atoms in total. The van der Waals surface area contributed by atoms with Crippen LogP contribution < -0.4 is 5.73 Å². The summed E-state index contributed by atoms with van der Waals surface area (Å²) in [7, 11) is 1.19. The third kappa shape index (κ3) is 3.31. The zero-order valence-electron chi connectivity index (χ0n) is 11.7. The molecule has 0 atom stereocenters. The van der Waals surface area contributed by atoms with Crippen molar-refractivity contribution in [1.82, 2.24) is 4.90 Å². The summed E-state index contributed by atoms with van der Waals surface area (Å²) in [6.07, 6.45) is 0. The van der Waals surface area contributed by atoms with Crippen molar-refractivity contribution in [3.05, 3.63) is 34.6 Å². The van der Waals surface area contributed by atoms with E-state index in [9.17, 15) is 26.7 Å². The minimum atomic E-state index is -2.30. The molecule has 0 bridgehead atoms. The van der Waals surface area contributed by atoms with Gasteiger partial charge < -0.3 is 10.6 Å². The summed E-state index contributed by atoms with van der Waals surface area (Å²) >= 11 is 0. The number of hydrogen-bond acceptors (Lipinski definition) is 2. The topological polar surface area (TPSA) is 46.3 Å². The zero-order chi connectivity index (χ0) is 16.5. The van der Waals surface area contributed by atoms with Crippen molar-refractivity contribution >= 4 is 5.91 Å².